The van der Waals surface area contributed by atoms with Crippen molar-refractivity contribution in [3.63, 3.8) is 0 Å². The fourth-order valence-electron chi connectivity index (χ4n) is 3.38. The maximum atomic E-state index is 13.3. The van der Waals surface area contributed by atoms with Crippen molar-refractivity contribution >= 4 is 21.6 Å². The van der Waals surface area contributed by atoms with E-state index in [1.165, 1.54) is 40.7 Å². The van der Waals surface area contributed by atoms with Crippen LogP contribution in [0.1, 0.15) is 15.9 Å². The molecular formula is C24H23FN2O5S. The number of hydrogen-bond donors (Lipinski definition) is 1. The Kier molecular flexibility index (Phi) is 7.02. The molecule has 0 radical (unpaired) electrons. The quantitative estimate of drug-likeness (QED) is 0.570. The molecule has 1 aliphatic heterocycles. The number of anilines is 1. The summed E-state index contributed by atoms with van der Waals surface area (Å²) in [5.41, 5.74) is 1.69. The van der Waals surface area contributed by atoms with Crippen LogP contribution in [0.25, 0.3) is 0 Å². The number of amides is 1. The summed E-state index contributed by atoms with van der Waals surface area (Å²) in [6.07, 6.45) is 0. The van der Waals surface area contributed by atoms with Crippen LogP contribution >= 0.6 is 0 Å². The number of nitrogens with one attached hydrogen (secondary N) is 1. The highest BCUT2D eigenvalue weighted by Gasteiger charge is 2.26. The first-order valence-corrected chi connectivity index (χ1v) is 11.8. The van der Waals surface area contributed by atoms with E-state index in [-0.39, 0.29) is 23.2 Å². The Morgan fingerprint density at radius 1 is 1.00 bits per heavy atom. The zero-order chi connectivity index (χ0) is 23.3. The van der Waals surface area contributed by atoms with Crippen LogP contribution in [0.15, 0.2) is 77.7 Å². The van der Waals surface area contributed by atoms with Gasteiger partial charge in [0, 0.05) is 30.4 Å². The number of benzene rings is 3. The summed E-state index contributed by atoms with van der Waals surface area (Å²) in [5.74, 6) is -0.331. The average molecular weight is 471 g/mol. The molecule has 172 valence electrons. The van der Waals surface area contributed by atoms with Crippen molar-refractivity contribution in [3.8, 4) is 5.75 Å². The van der Waals surface area contributed by atoms with Crippen molar-refractivity contribution in [2.24, 2.45) is 0 Å². The van der Waals surface area contributed by atoms with Gasteiger partial charge in [0.2, 0.25) is 10.0 Å². The van der Waals surface area contributed by atoms with E-state index in [1.54, 1.807) is 30.3 Å². The Hall–Kier alpha value is -3.27. The fourth-order valence-corrected chi connectivity index (χ4v) is 4.79. The van der Waals surface area contributed by atoms with Gasteiger partial charge in [0.15, 0.2) is 0 Å². The zero-order valence-corrected chi connectivity index (χ0v) is 18.6. The van der Waals surface area contributed by atoms with E-state index in [4.69, 9.17) is 9.47 Å². The molecule has 33 heavy (non-hydrogen) atoms. The molecule has 0 atom stereocenters. The Morgan fingerprint density at radius 3 is 2.45 bits per heavy atom. The van der Waals surface area contributed by atoms with Crippen molar-refractivity contribution in [1.29, 1.82) is 0 Å². The van der Waals surface area contributed by atoms with Gasteiger partial charge in [-0.05, 0) is 54.1 Å². The minimum atomic E-state index is -3.62. The second-order valence-corrected chi connectivity index (χ2v) is 9.38. The molecule has 0 spiro atoms. The van der Waals surface area contributed by atoms with Gasteiger partial charge in [-0.3, -0.25) is 4.79 Å². The van der Waals surface area contributed by atoms with E-state index in [0.29, 0.717) is 43.3 Å². The minimum Gasteiger partial charge on any atom is -0.489 e. The Bertz CT molecular complexity index is 1230. The van der Waals surface area contributed by atoms with Crippen molar-refractivity contribution in [3.05, 3.63) is 89.7 Å². The maximum absolute atomic E-state index is 13.3. The molecule has 4 rings (SSSR count). The molecule has 3 aromatic rings. The van der Waals surface area contributed by atoms with Gasteiger partial charge in [-0.15, -0.1) is 0 Å². The molecule has 0 unspecified atom stereocenters. The first-order valence-electron chi connectivity index (χ1n) is 10.4. The monoisotopic (exact) mass is 470 g/mol. The molecule has 1 saturated heterocycles. The van der Waals surface area contributed by atoms with Gasteiger partial charge in [0.1, 0.15) is 18.2 Å². The number of carbonyl (C=O) groups excluding carboxylic acids is 1. The van der Waals surface area contributed by atoms with Crippen molar-refractivity contribution in [2.45, 2.75) is 11.5 Å². The summed E-state index contributed by atoms with van der Waals surface area (Å²) in [5, 5.41) is 2.80. The van der Waals surface area contributed by atoms with Crippen LogP contribution in [0.3, 0.4) is 0 Å². The van der Waals surface area contributed by atoms with Gasteiger partial charge in [-0.25, -0.2) is 12.8 Å². The predicted octanol–water partition coefficient (Wildman–Crippen LogP) is 3.68. The van der Waals surface area contributed by atoms with E-state index in [1.807, 2.05) is 6.07 Å². The van der Waals surface area contributed by atoms with E-state index >= 15 is 0 Å². The van der Waals surface area contributed by atoms with Crippen LogP contribution in [0.5, 0.6) is 5.75 Å². The number of carbonyl (C=O) groups is 1. The van der Waals surface area contributed by atoms with Gasteiger partial charge in [0.05, 0.1) is 18.1 Å². The lowest BCUT2D eigenvalue weighted by molar-refractivity contribution is 0.0730. The van der Waals surface area contributed by atoms with Gasteiger partial charge < -0.3 is 14.8 Å². The lowest BCUT2D eigenvalue weighted by Crippen LogP contribution is -2.40. The standard InChI is InChI=1S/C24H23FN2O5S/c25-20-4-2-6-22(16-20)32-17-18-3-1-5-21(15-18)26-24(28)19-7-9-23(10-8-19)33(29,30)27-11-13-31-14-12-27/h1-10,15-16H,11-14,17H2,(H,26,28). The van der Waals surface area contributed by atoms with Crippen molar-refractivity contribution < 1.29 is 27.1 Å². The molecule has 0 aromatic heterocycles. The van der Waals surface area contributed by atoms with Crippen LogP contribution in [0.4, 0.5) is 10.1 Å². The topological polar surface area (TPSA) is 84.9 Å². The highest BCUT2D eigenvalue weighted by molar-refractivity contribution is 7.89. The number of halogens is 1. The normalized spacial score (nSPS) is 14.6. The van der Waals surface area contributed by atoms with Gasteiger partial charge >= 0.3 is 0 Å². The zero-order valence-electron chi connectivity index (χ0n) is 17.7. The molecule has 1 aliphatic rings. The van der Waals surface area contributed by atoms with Gasteiger partial charge in [-0.1, -0.05) is 18.2 Å². The van der Waals surface area contributed by atoms with Crippen molar-refractivity contribution in [2.75, 3.05) is 31.6 Å². The third-order valence-electron chi connectivity index (χ3n) is 5.11. The predicted molar refractivity (Wildman–Crippen MR) is 121 cm³/mol. The maximum Gasteiger partial charge on any atom is 0.255 e. The lowest BCUT2D eigenvalue weighted by Gasteiger charge is -2.26. The molecule has 1 fully saturated rings. The minimum absolute atomic E-state index is 0.137. The smallest absolute Gasteiger partial charge is 0.255 e. The van der Waals surface area contributed by atoms with Gasteiger partial charge in [0.25, 0.3) is 5.91 Å². The second-order valence-electron chi connectivity index (χ2n) is 7.44. The highest BCUT2D eigenvalue weighted by atomic mass is 32.2. The van der Waals surface area contributed by atoms with Crippen LogP contribution in [0.2, 0.25) is 0 Å². The van der Waals surface area contributed by atoms with E-state index in [9.17, 15) is 17.6 Å². The molecule has 1 N–H and O–H groups in total. The first-order chi connectivity index (χ1) is 15.9. The third-order valence-corrected chi connectivity index (χ3v) is 7.02. The van der Waals surface area contributed by atoms with Crippen LogP contribution in [0, 0.1) is 5.82 Å². The second kappa shape index (κ2) is 10.1. The van der Waals surface area contributed by atoms with Crippen LogP contribution in [-0.4, -0.2) is 44.9 Å². The number of ether oxygens (including phenoxy) is 2. The first kappa shape index (κ1) is 22.9. The Morgan fingerprint density at radius 2 is 1.73 bits per heavy atom. The Balaban J connectivity index is 1.39. The molecule has 1 heterocycles. The Labute approximate surface area is 191 Å². The number of morpholine rings is 1. The number of nitrogens with zero attached hydrogens (tertiary/aromatic N) is 1. The fraction of sp³-hybridized carbons (Fsp3) is 0.208. The molecular weight excluding hydrogens is 447 g/mol. The van der Waals surface area contributed by atoms with E-state index in [2.05, 4.69) is 5.32 Å². The number of hydrogen-bond acceptors (Lipinski definition) is 5. The molecule has 3 aromatic carbocycles. The highest BCUT2D eigenvalue weighted by Crippen LogP contribution is 2.20. The summed E-state index contributed by atoms with van der Waals surface area (Å²) in [4.78, 5) is 12.8. The lowest BCUT2D eigenvalue weighted by atomic mass is 10.2. The molecule has 0 bridgehead atoms. The van der Waals surface area contributed by atoms with Crippen LogP contribution < -0.4 is 10.1 Å². The van der Waals surface area contributed by atoms with E-state index < -0.39 is 10.0 Å². The summed E-state index contributed by atoms with van der Waals surface area (Å²) in [6, 6.07) is 18.8. The molecule has 0 aliphatic carbocycles. The summed E-state index contributed by atoms with van der Waals surface area (Å²) in [7, 11) is -3.62. The van der Waals surface area contributed by atoms with E-state index in [0.717, 1.165) is 5.56 Å². The number of rotatable bonds is 7. The SMILES string of the molecule is O=C(Nc1cccc(COc2cccc(F)c2)c1)c1ccc(S(=O)(=O)N2CCOCC2)cc1. The number of sulfonamides is 1. The van der Waals surface area contributed by atoms with Crippen LogP contribution in [-0.2, 0) is 21.4 Å². The molecule has 0 saturated carbocycles. The summed E-state index contributed by atoms with van der Waals surface area (Å²) >= 11 is 0. The summed E-state index contributed by atoms with van der Waals surface area (Å²) in [6.45, 7) is 1.56. The molecule has 7 nitrogen and oxygen atoms in total. The largest absolute Gasteiger partial charge is 0.489 e. The molecule has 1 amide bonds. The molecule has 9 heteroatoms. The average Bonchev–Trinajstić information content (AvgIpc) is 2.84. The summed E-state index contributed by atoms with van der Waals surface area (Å²) < 4.78 is 50.9. The van der Waals surface area contributed by atoms with Crippen molar-refractivity contribution in [1.82, 2.24) is 4.31 Å². The van der Waals surface area contributed by atoms with Gasteiger partial charge in [-0.2, -0.15) is 4.31 Å². The third kappa shape index (κ3) is 5.75.